The molecule has 0 aromatic heterocycles. The minimum Gasteiger partial charge on any atom is -0.378 e. The number of halogens is 1. The summed E-state index contributed by atoms with van der Waals surface area (Å²) in [5.41, 5.74) is 1.33. The summed E-state index contributed by atoms with van der Waals surface area (Å²) in [6.45, 7) is 9.49. The van der Waals surface area contributed by atoms with E-state index in [1.165, 1.54) is 12.1 Å². The lowest BCUT2D eigenvalue weighted by molar-refractivity contribution is -0.127. The molecule has 1 saturated carbocycles. The molecule has 4 unspecified atom stereocenters. The first-order valence-corrected chi connectivity index (χ1v) is 7.64. The van der Waals surface area contributed by atoms with E-state index in [0.717, 1.165) is 25.0 Å². The van der Waals surface area contributed by atoms with Gasteiger partial charge in [0, 0.05) is 24.1 Å². The van der Waals surface area contributed by atoms with Gasteiger partial charge in [0.05, 0.1) is 6.10 Å². The summed E-state index contributed by atoms with van der Waals surface area (Å²) >= 11 is 0. The molecular formula is C17H26FNO. The standard InChI is InChI=1S/C17H26FNO/c1-5-17(4)15(11-16(17)20-6-2)19-12(3)13-7-9-14(18)10-8-13/h7-10,12,15-16,19H,5-6,11H2,1-4H3. The van der Waals surface area contributed by atoms with Gasteiger partial charge in [-0.3, -0.25) is 0 Å². The lowest BCUT2D eigenvalue weighted by Gasteiger charge is -2.54. The van der Waals surface area contributed by atoms with Crippen molar-refractivity contribution in [3.8, 4) is 0 Å². The summed E-state index contributed by atoms with van der Waals surface area (Å²) in [5.74, 6) is -0.181. The van der Waals surface area contributed by atoms with Crippen LogP contribution in [0, 0.1) is 11.2 Å². The molecule has 0 radical (unpaired) electrons. The average molecular weight is 279 g/mol. The van der Waals surface area contributed by atoms with Gasteiger partial charge in [0.2, 0.25) is 0 Å². The van der Waals surface area contributed by atoms with E-state index in [9.17, 15) is 4.39 Å². The molecule has 2 nitrogen and oxygen atoms in total. The van der Waals surface area contributed by atoms with Crippen LogP contribution >= 0.6 is 0 Å². The van der Waals surface area contributed by atoms with E-state index >= 15 is 0 Å². The minimum atomic E-state index is -0.181. The van der Waals surface area contributed by atoms with Crippen molar-refractivity contribution in [3.63, 3.8) is 0 Å². The molecule has 0 heterocycles. The molecule has 0 saturated heterocycles. The summed E-state index contributed by atoms with van der Waals surface area (Å²) in [7, 11) is 0. The lowest BCUT2D eigenvalue weighted by atomic mass is 9.61. The van der Waals surface area contributed by atoms with Crippen LogP contribution in [0.4, 0.5) is 4.39 Å². The average Bonchev–Trinajstić information content (AvgIpc) is 2.45. The maximum absolute atomic E-state index is 13.0. The second-order valence-corrected chi connectivity index (χ2v) is 6.03. The molecule has 3 heteroatoms. The number of rotatable bonds is 6. The summed E-state index contributed by atoms with van der Waals surface area (Å²) in [6.07, 6.45) is 2.52. The molecule has 0 bridgehead atoms. The maximum Gasteiger partial charge on any atom is 0.123 e. The first kappa shape index (κ1) is 15.5. The summed E-state index contributed by atoms with van der Waals surface area (Å²) in [4.78, 5) is 0. The van der Waals surface area contributed by atoms with E-state index in [1.54, 1.807) is 0 Å². The Morgan fingerprint density at radius 1 is 1.35 bits per heavy atom. The minimum absolute atomic E-state index is 0.181. The molecule has 1 aromatic rings. The SMILES string of the molecule is CCOC1CC(NC(C)c2ccc(F)cc2)C1(C)CC. The zero-order valence-corrected chi connectivity index (χ0v) is 12.9. The molecule has 2 rings (SSSR count). The Labute approximate surface area is 121 Å². The summed E-state index contributed by atoms with van der Waals surface area (Å²) in [6, 6.07) is 7.45. The van der Waals surface area contributed by atoms with Crippen LogP contribution in [0.25, 0.3) is 0 Å². The largest absolute Gasteiger partial charge is 0.378 e. The third kappa shape index (κ3) is 2.89. The van der Waals surface area contributed by atoms with Crippen LogP contribution in [0.15, 0.2) is 24.3 Å². The molecule has 4 atom stereocenters. The van der Waals surface area contributed by atoms with Crippen molar-refractivity contribution in [2.45, 2.75) is 58.7 Å². The van der Waals surface area contributed by atoms with E-state index in [1.807, 2.05) is 12.1 Å². The predicted octanol–water partition coefficient (Wildman–Crippen LogP) is 4.07. The van der Waals surface area contributed by atoms with Gasteiger partial charge in [-0.15, -0.1) is 0 Å². The molecule has 0 amide bonds. The van der Waals surface area contributed by atoms with E-state index in [4.69, 9.17) is 4.74 Å². The Balaban J connectivity index is 1.98. The number of hydrogen-bond acceptors (Lipinski definition) is 2. The van der Waals surface area contributed by atoms with Crippen LogP contribution in [0.1, 0.15) is 52.1 Å². The van der Waals surface area contributed by atoms with Crippen LogP contribution in [-0.2, 0) is 4.74 Å². The van der Waals surface area contributed by atoms with E-state index in [2.05, 4.69) is 33.0 Å². The van der Waals surface area contributed by atoms with E-state index in [0.29, 0.717) is 12.1 Å². The van der Waals surface area contributed by atoms with Gasteiger partial charge >= 0.3 is 0 Å². The van der Waals surface area contributed by atoms with Crippen LogP contribution < -0.4 is 5.32 Å². The van der Waals surface area contributed by atoms with Gasteiger partial charge in [-0.1, -0.05) is 26.0 Å². The molecule has 1 aliphatic carbocycles. The molecule has 20 heavy (non-hydrogen) atoms. The zero-order chi connectivity index (χ0) is 14.8. The van der Waals surface area contributed by atoms with Gasteiger partial charge in [0.1, 0.15) is 5.82 Å². The van der Waals surface area contributed by atoms with Crippen molar-refractivity contribution in [1.82, 2.24) is 5.32 Å². The number of ether oxygens (including phenoxy) is 1. The van der Waals surface area contributed by atoms with Gasteiger partial charge in [-0.2, -0.15) is 0 Å². The predicted molar refractivity (Wildman–Crippen MR) is 80.2 cm³/mol. The van der Waals surface area contributed by atoms with Crippen LogP contribution in [-0.4, -0.2) is 18.8 Å². The van der Waals surface area contributed by atoms with Crippen LogP contribution in [0.2, 0.25) is 0 Å². The molecule has 1 aromatic carbocycles. The Morgan fingerprint density at radius 3 is 2.55 bits per heavy atom. The second kappa shape index (κ2) is 6.23. The van der Waals surface area contributed by atoms with E-state index < -0.39 is 0 Å². The highest BCUT2D eigenvalue weighted by Gasteiger charge is 2.51. The van der Waals surface area contributed by atoms with Crippen molar-refractivity contribution in [2.24, 2.45) is 5.41 Å². The highest BCUT2D eigenvalue weighted by atomic mass is 19.1. The monoisotopic (exact) mass is 279 g/mol. The molecule has 0 aliphatic heterocycles. The van der Waals surface area contributed by atoms with Gasteiger partial charge in [0.15, 0.2) is 0 Å². The molecule has 1 N–H and O–H groups in total. The smallest absolute Gasteiger partial charge is 0.123 e. The van der Waals surface area contributed by atoms with Crippen molar-refractivity contribution < 1.29 is 9.13 Å². The molecule has 0 spiro atoms. The molecular weight excluding hydrogens is 253 g/mol. The molecule has 112 valence electrons. The fraction of sp³-hybridized carbons (Fsp3) is 0.647. The van der Waals surface area contributed by atoms with Gasteiger partial charge in [-0.25, -0.2) is 4.39 Å². The quantitative estimate of drug-likeness (QED) is 0.847. The third-order valence-electron chi connectivity index (χ3n) is 4.93. The summed E-state index contributed by atoms with van der Waals surface area (Å²) in [5, 5.41) is 3.68. The maximum atomic E-state index is 13.0. The fourth-order valence-corrected chi connectivity index (χ4v) is 3.16. The number of nitrogens with one attached hydrogen (secondary N) is 1. The fourth-order valence-electron chi connectivity index (χ4n) is 3.16. The van der Waals surface area contributed by atoms with Crippen molar-refractivity contribution in [3.05, 3.63) is 35.6 Å². The number of benzene rings is 1. The molecule has 1 fully saturated rings. The first-order valence-electron chi connectivity index (χ1n) is 7.64. The third-order valence-corrected chi connectivity index (χ3v) is 4.93. The van der Waals surface area contributed by atoms with Gasteiger partial charge < -0.3 is 10.1 Å². The highest BCUT2D eigenvalue weighted by Crippen LogP contribution is 2.46. The van der Waals surface area contributed by atoms with Crippen LogP contribution in [0.3, 0.4) is 0 Å². The number of hydrogen-bond donors (Lipinski definition) is 1. The molecule has 1 aliphatic rings. The lowest BCUT2D eigenvalue weighted by Crippen LogP contribution is -2.62. The van der Waals surface area contributed by atoms with Gasteiger partial charge in [-0.05, 0) is 44.4 Å². The Hall–Kier alpha value is -0.930. The normalized spacial score (nSPS) is 30.9. The topological polar surface area (TPSA) is 21.3 Å². The van der Waals surface area contributed by atoms with Crippen molar-refractivity contribution in [1.29, 1.82) is 0 Å². The second-order valence-electron chi connectivity index (χ2n) is 6.03. The highest BCUT2D eigenvalue weighted by molar-refractivity contribution is 5.20. The van der Waals surface area contributed by atoms with Crippen molar-refractivity contribution >= 4 is 0 Å². The van der Waals surface area contributed by atoms with Gasteiger partial charge in [0.25, 0.3) is 0 Å². The Morgan fingerprint density at radius 2 is 2.00 bits per heavy atom. The Kier molecular flexibility index (Phi) is 4.82. The Bertz CT molecular complexity index is 433. The van der Waals surface area contributed by atoms with Crippen molar-refractivity contribution in [2.75, 3.05) is 6.61 Å². The van der Waals surface area contributed by atoms with E-state index in [-0.39, 0.29) is 17.3 Å². The zero-order valence-electron chi connectivity index (χ0n) is 12.9. The first-order chi connectivity index (χ1) is 9.51. The summed E-state index contributed by atoms with van der Waals surface area (Å²) < 4.78 is 18.8. The van der Waals surface area contributed by atoms with Crippen LogP contribution in [0.5, 0.6) is 0 Å².